The first-order valence-electron chi connectivity index (χ1n) is 9.42. The molecule has 2 aliphatic heterocycles. The molecule has 0 spiro atoms. The second-order valence-corrected chi connectivity index (χ2v) is 7.27. The summed E-state index contributed by atoms with van der Waals surface area (Å²) in [7, 11) is 0. The number of hydrogen-bond acceptors (Lipinski definition) is 2. The van der Waals surface area contributed by atoms with E-state index in [0.29, 0.717) is 25.3 Å². The molecule has 1 aromatic rings. The first kappa shape index (κ1) is 17.9. The van der Waals surface area contributed by atoms with Gasteiger partial charge in [0.1, 0.15) is 5.82 Å². The first-order chi connectivity index (χ1) is 12.1. The van der Waals surface area contributed by atoms with Crippen molar-refractivity contribution in [1.29, 1.82) is 0 Å². The normalized spacial score (nSPS) is 21.5. The molecule has 2 heterocycles. The number of likely N-dealkylation sites (tertiary alicyclic amines) is 2. The topological polar surface area (TPSA) is 40.6 Å². The molecular weight excluding hydrogens is 319 g/mol. The van der Waals surface area contributed by atoms with E-state index >= 15 is 0 Å². The van der Waals surface area contributed by atoms with E-state index in [1.165, 1.54) is 12.1 Å². The van der Waals surface area contributed by atoms with Crippen LogP contribution in [0.3, 0.4) is 0 Å². The van der Waals surface area contributed by atoms with Crippen molar-refractivity contribution in [2.75, 3.05) is 26.2 Å². The number of nitrogens with zero attached hydrogens (tertiary/aromatic N) is 2. The molecule has 2 fully saturated rings. The summed E-state index contributed by atoms with van der Waals surface area (Å²) >= 11 is 0. The number of amides is 2. The third-order valence-corrected chi connectivity index (χ3v) is 5.33. The summed E-state index contributed by atoms with van der Waals surface area (Å²) in [6, 6.07) is 6.66. The van der Waals surface area contributed by atoms with Crippen LogP contribution in [0.2, 0.25) is 0 Å². The Balaban J connectivity index is 1.47. The van der Waals surface area contributed by atoms with Crippen molar-refractivity contribution in [3.63, 3.8) is 0 Å². The number of benzene rings is 1. The average molecular weight is 346 g/mol. The van der Waals surface area contributed by atoms with Gasteiger partial charge in [-0.3, -0.25) is 9.59 Å². The molecule has 0 N–H and O–H groups in total. The second kappa shape index (κ2) is 8.45. The smallest absolute Gasteiger partial charge is 0.224 e. The fourth-order valence-corrected chi connectivity index (χ4v) is 3.90. The van der Waals surface area contributed by atoms with E-state index in [1.54, 1.807) is 0 Å². The van der Waals surface area contributed by atoms with Crippen molar-refractivity contribution >= 4 is 11.8 Å². The number of carbonyl (C=O) groups excluding carboxylic acids is 2. The predicted molar refractivity (Wildman–Crippen MR) is 94.5 cm³/mol. The Morgan fingerprint density at radius 1 is 1.12 bits per heavy atom. The lowest BCUT2D eigenvalue weighted by Crippen LogP contribution is -2.43. The molecule has 5 heteroatoms. The first-order valence-corrected chi connectivity index (χ1v) is 9.42. The molecule has 0 aliphatic carbocycles. The molecule has 1 atom stereocenters. The molecule has 136 valence electrons. The van der Waals surface area contributed by atoms with Gasteiger partial charge in [-0.05, 0) is 55.7 Å². The van der Waals surface area contributed by atoms with Gasteiger partial charge in [0, 0.05) is 39.0 Å². The summed E-state index contributed by atoms with van der Waals surface area (Å²) in [4.78, 5) is 28.2. The van der Waals surface area contributed by atoms with Gasteiger partial charge in [0.25, 0.3) is 0 Å². The van der Waals surface area contributed by atoms with Gasteiger partial charge in [0.05, 0.1) is 0 Å². The molecule has 0 radical (unpaired) electrons. The van der Waals surface area contributed by atoms with E-state index in [4.69, 9.17) is 0 Å². The van der Waals surface area contributed by atoms with Gasteiger partial charge in [-0.25, -0.2) is 4.39 Å². The van der Waals surface area contributed by atoms with Crippen molar-refractivity contribution in [2.45, 2.75) is 44.9 Å². The third kappa shape index (κ3) is 5.03. The molecule has 25 heavy (non-hydrogen) atoms. The molecule has 0 aromatic heterocycles. The molecule has 2 amide bonds. The second-order valence-electron chi connectivity index (χ2n) is 7.27. The maximum absolute atomic E-state index is 13.0. The third-order valence-electron chi connectivity index (χ3n) is 5.33. The van der Waals surface area contributed by atoms with Crippen LogP contribution in [0.4, 0.5) is 4.39 Å². The van der Waals surface area contributed by atoms with Crippen molar-refractivity contribution < 1.29 is 14.0 Å². The van der Waals surface area contributed by atoms with Crippen molar-refractivity contribution in [1.82, 2.24) is 9.80 Å². The quantitative estimate of drug-likeness (QED) is 0.822. The van der Waals surface area contributed by atoms with Crippen LogP contribution in [-0.2, 0) is 16.0 Å². The summed E-state index contributed by atoms with van der Waals surface area (Å²) in [5.41, 5.74) is 1.12. The van der Waals surface area contributed by atoms with Crippen molar-refractivity contribution in [3.05, 3.63) is 35.6 Å². The Kier molecular flexibility index (Phi) is 6.05. The zero-order valence-corrected chi connectivity index (χ0v) is 14.8. The maximum atomic E-state index is 13.0. The van der Waals surface area contributed by atoms with Gasteiger partial charge in [0.2, 0.25) is 11.8 Å². The van der Waals surface area contributed by atoms with E-state index in [9.17, 15) is 14.0 Å². The number of piperidine rings is 2. The Morgan fingerprint density at radius 3 is 2.68 bits per heavy atom. The highest BCUT2D eigenvalue weighted by molar-refractivity contribution is 5.79. The largest absolute Gasteiger partial charge is 0.342 e. The molecule has 0 saturated carbocycles. The zero-order chi connectivity index (χ0) is 17.6. The highest BCUT2D eigenvalue weighted by Gasteiger charge is 2.25. The summed E-state index contributed by atoms with van der Waals surface area (Å²) in [5, 5.41) is 0. The highest BCUT2D eigenvalue weighted by atomic mass is 19.1. The summed E-state index contributed by atoms with van der Waals surface area (Å²) < 4.78 is 13.0. The summed E-state index contributed by atoms with van der Waals surface area (Å²) in [6.07, 6.45) is 6.07. The minimum Gasteiger partial charge on any atom is -0.342 e. The number of halogens is 1. The molecule has 2 saturated heterocycles. The SMILES string of the molecule is O=C1CCCCN1CCC(=O)N1CCC[C@@H](Cc2ccc(F)cc2)C1. The average Bonchev–Trinajstić information content (AvgIpc) is 2.63. The van der Waals surface area contributed by atoms with E-state index in [0.717, 1.165) is 57.3 Å². The molecule has 1 aromatic carbocycles. The highest BCUT2D eigenvalue weighted by Crippen LogP contribution is 2.22. The Morgan fingerprint density at radius 2 is 1.92 bits per heavy atom. The van der Waals surface area contributed by atoms with Gasteiger partial charge < -0.3 is 9.80 Å². The Hall–Kier alpha value is -1.91. The molecular formula is C20H27FN2O2. The van der Waals surface area contributed by atoms with Crippen LogP contribution in [0.5, 0.6) is 0 Å². The van der Waals surface area contributed by atoms with E-state index in [2.05, 4.69) is 0 Å². The minimum atomic E-state index is -0.212. The molecule has 0 bridgehead atoms. The predicted octanol–water partition coefficient (Wildman–Crippen LogP) is 3.01. The van der Waals surface area contributed by atoms with Crippen LogP contribution in [0.25, 0.3) is 0 Å². The zero-order valence-electron chi connectivity index (χ0n) is 14.8. The standard InChI is InChI=1S/C20H27FN2O2/c21-18-8-6-16(7-9-18)14-17-4-3-12-23(15-17)20(25)10-13-22-11-2-1-5-19(22)24/h6-9,17H,1-5,10-15H2/t17-/m0/s1. The van der Waals surface area contributed by atoms with Crippen LogP contribution >= 0.6 is 0 Å². The summed E-state index contributed by atoms with van der Waals surface area (Å²) in [6.45, 7) is 2.92. The van der Waals surface area contributed by atoms with Gasteiger partial charge in [-0.1, -0.05) is 12.1 Å². The van der Waals surface area contributed by atoms with Crippen LogP contribution in [0, 0.1) is 11.7 Å². The van der Waals surface area contributed by atoms with Gasteiger partial charge in [-0.15, -0.1) is 0 Å². The maximum Gasteiger partial charge on any atom is 0.224 e. The van der Waals surface area contributed by atoms with Crippen molar-refractivity contribution in [3.8, 4) is 0 Å². The van der Waals surface area contributed by atoms with E-state index in [1.807, 2.05) is 21.9 Å². The van der Waals surface area contributed by atoms with Crippen LogP contribution in [0.15, 0.2) is 24.3 Å². The molecule has 2 aliphatic rings. The molecule has 0 unspecified atom stereocenters. The molecule has 3 rings (SSSR count). The lowest BCUT2D eigenvalue weighted by molar-refractivity contribution is -0.136. The minimum absolute atomic E-state index is 0.155. The van der Waals surface area contributed by atoms with Crippen molar-refractivity contribution in [2.24, 2.45) is 5.92 Å². The van der Waals surface area contributed by atoms with E-state index in [-0.39, 0.29) is 17.6 Å². The number of carbonyl (C=O) groups is 2. The fourth-order valence-electron chi connectivity index (χ4n) is 3.90. The molecule has 4 nitrogen and oxygen atoms in total. The van der Waals surface area contributed by atoms with Gasteiger partial charge in [-0.2, -0.15) is 0 Å². The van der Waals surface area contributed by atoms with Crippen LogP contribution in [0.1, 0.15) is 44.1 Å². The Bertz CT molecular complexity index is 602. The fraction of sp³-hybridized carbons (Fsp3) is 0.600. The van der Waals surface area contributed by atoms with Gasteiger partial charge >= 0.3 is 0 Å². The van der Waals surface area contributed by atoms with Crippen LogP contribution < -0.4 is 0 Å². The number of hydrogen-bond donors (Lipinski definition) is 0. The van der Waals surface area contributed by atoms with Gasteiger partial charge in [0.15, 0.2) is 0 Å². The lowest BCUT2D eigenvalue weighted by Gasteiger charge is -2.34. The Labute approximate surface area is 149 Å². The lowest BCUT2D eigenvalue weighted by atomic mass is 9.91. The van der Waals surface area contributed by atoms with E-state index < -0.39 is 0 Å². The number of rotatable bonds is 5. The monoisotopic (exact) mass is 346 g/mol. The summed E-state index contributed by atoms with van der Waals surface area (Å²) in [5.74, 6) is 0.560. The van der Waals surface area contributed by atoms with Crippen LogP contribution in [-0.4, -0.2) is 47.8 Å².